The van der Waals surface area contributed by atoms with Crippen molar-refractivity contribution in [1.29, 1.82) is 0 Å². The van der Waals surface area contributed by atoms with E-state index in [4.69, 9.17) is 0 Å². The topological polar surface area (TPSA) is 99.7 Å². The number of nitrogens with zero attached hydrogens (tertiary/aromatic N) is 1. The first-order valence-electron chi connectivity index (χ1n) is 7.92. The summed E-state index contributed by atoms with van der Waals surface area (Å²) in [6, 6.07) is 7.59. The standard InChI is InChI=1S/C18H18N2O5/c1-25-16(22)7-6-15(21)20-9-8-12-11-4-2-3-5-14(11)19-17(12)13(10-20)18(23)24/h2-5,10,19H,6-9H2,1H3,(H,23,24). The SMILES string of the molecule is COC(=O)CCC(=O)N1C=C(C(=O)O)c2[nH]c3ccccc3c2CC1. The second-order valence-corrected chi connectivity index (χ2v) is 5.79. The van der Waals surface area contributed by atoms with Crippen molar-refractivity contribution in [3.05, 3.63) is 41.7 Å². The molecule has 2 aromatic rings. The van der Waals surface area contributed by atoms with Crippen LogP contribution in [0.1, 0.15) is 24.1 Å². The first kappa shape index (κ1) is 16.8. The Labute approximate surface area is 143 Å². The Morgan fingerprint density at radius 3 is 2.72 bits per heavy atom. The second kappa shape index (κ2) is 6.80. The molecule has 1 aromatic heterocycles. The number of carbonyl (C=O) groups excluding carboxylic acids is 2. The van der Waals surface area contributed by atoms with Gasteiger partial charge in [0.2, 0.25) is 5.91 Å². The molecule has 1 aliphatic heterocycles. The summed E-state index contributed by atoms with van der Waals surface area (Å²) in [5.41, 5.74) is 2.31. The minimum absolute atomic E-state index is 0.0231. The molecule has 0 spiro atoms. The van der Waals surface area contributed by atoms with E-state index in [1.54, 1.807) is 0 Å². The first-order chi connectivity index (χ1) is 12.0. The highest BCUT2D eigenvalue weighted by molar-refractivity contribution is 6.17. The molecule has 3 rings (SSSR count). The van der Waals surface area contributed by atoms with E-state index < -0.39 is 11.9 Å². The van der Waals surface area contributed by atoms with Crippen molar-refractivity contribution in [2.45, 2.75) is 19.3 Å². The lowest BCUT2D eigenvalue weighted by atomic mass is 10.0. The summed E-state index contributed by atoms with van der Waals surface area (Å²) in [5.74, 6) is -1.89. The van der Waals surface area contributed by atoms with Crippen molar-refractivity contribution in [1.82, 2.24) is 9.88 Å². The van der Waals surface area contributed by atoms with Crippen LogP contribution in [0, 0.1) is 0 Å². The van der Waals surface area contributed by atoms with Gasteiger partial charge in [-0.3, -0.25) is 9.59 Å². The number of aliphatic carboxylic acids is 1. The molecule has 1 aliphatic rings. The van der Waals surface area contributed by atoms with Crippen LogP contribution in [0.25, 0.3) is 16.5 Å². The number of methoxy groups -OCH3 is 1. The lowest BCUT2D eigenvalue weighted by Gasteiger charge is -2.17. The van der Waals surface area contributed by atoms with Crippen LogP contribution >= 0.6 is 0 Å². The number of aromatic amines is 1. The highest BCUT2D eigenvalue weighted by Gasteiger charge is 2.26. The molecule has 0 atom stereocenters. The number of carbonyl (C=O) groups is 3. The van der Waals surface area contributed by atoms with Crippen LogP contribution in [0.15, 0.2) is 30.5 Å². The van der Waals surface area contributed by atoms with Crippen LogP contribution in [-0.2, 0) is 25.5 Å². The Kier molecular flexibility index (Phi) is 4.56. The molecule has 1 amide bonds. The van der Waals surface area contributed by atoms with Crippen molar-refractivity contribution >= 4 is 34.3 Å². The van der Waals surface area contributed by atoms with Gasteiger partial charge in [0.15, 0.2) is 0 Å². The Hall–Kier alpha value is -3.09. The minimum Gasteiger partial charge on any atom is -0.478 e. The minimum atomic E-state index is -1.11. The Bertz CT molecular complexity index is 881. The van der Waals surface area contributed by atoms with E-state index in [1.807, 2.05) is 24.3 Å². The fraction of sp³-hybridized carbons (Fsp3) is 0.278. The summed E-state index contributed by atoms with van der Waals surface area (Å²) in [7, 11) is 1.26. The van der Waals surface area contributed by atoms with E-state index >= 15 is 0 Å². The van der Waals surface area contributed by atoms with Crippen LogP contribution in [-0.4, -0.2) is 46.5 Å². The molecule has 0 fully saturated rings. The number of nitrogens with one attached hydrogen (secondary N) is 1. The van der Waals surface area contributed by atoms with E-state index in [9.17, 15) is 19.5 Å². The Morgan fingerprint density at radius 1 is 1.24 bits per heavy atom. The van der Waals surface area contributed by atoms with Crippen molar-refractivity contribution in [2.24, 2.45) is 0 Å². The van der Waals surface area contributed by atoms with Crippen molar-refractivity contribution in [2.75, 3.05) is 13.7 Å². The van der Waals surface area contributed by atoms with Gasteiger partial charge in [0.25, 0.3) is 0 Å². The summed E-state index contributed by atoms with van der Waals surface area (Å²) >= 11 is 0. The van der Waals surface area contributed by atoms with Crippen LogP contribution < -0.4 is 0 Å². The number of amides is 1. The van der Waals surface area contributed by atoms with E-state index in [0.29, 0.717) is 18.7 Å². The Morgan fingerprint density at radius 2 is 2.00 bits per heavy atom. The molecule has 0 aliphatic carbocycles. The number of aromatic nitrogens is 1. The third kappa shape index (κ3) is 3.26. The molecule has 7 heteroatoms. The van der Waals surface area contributed by atoms with Crippen LogP contribution in [0.2, 0.25) is 0 Å². The number of rotatable bonds is 4. The van der Waals surface area contributed by atoms with Gasteiger partial charge in [-0.25, -0.2) is 4.79 Å². The number of carboxylic acid groups (broad SMARTS) is 1. The Balaban J connectivity index is 1.93. The predicted octanol–water partition coefficient (Wildman–Crippen LogP) is 1.93. The molecule has 2 heterocycles. The molecule has 0 bridgehead atoms. The fourth-order valence-corrected chi connectivity index (χ4v) is 3.02. The van der Waals surface area contributed by atoms with Gasteiger partial charge < -0.3 is 19.7 Å². The van der Waals surface area contributed by atoms with Gasteiger partial charge in [-0.2, -0.15) is 0 Å². The molecule has 1 aromatic carbocycles. The molecule has 0 saturated carbocycles. The zero-order chi connectivity index (χ0) is 18.0. The van der Waals surface area contributed by atoms with Gasteiger partial charge >= 0.3 is 11.9 Å². The maximum Gasteiger partial charge on any atom is 0.339 e. The highest BCUT2D eigenvalue weighted by atomic mass is 16.5. The molecule has 0 unspecified atom stereocenters. The van der Waals surface area contributed by atoms with E-state index in [1.165, 1.54) is 18.2 Å². The number of H-pyrrole nitrogens is 1. The molecule has 130 valence electrons. The van der Waals surface area contributed by atoms with Gasteiger partial charge in [-0.1, -0.05) is 18.2 Å². The van der Waals surface area contributed by atoms with E-state index in [2.05, 4.69) is 9.72 Å². The zero-order valence-electron chi connectivity index (χ0n) is 13.7. The van der Waals surface area contributed by atoms with Crippen LogP contribution in [0.3, 0.4) is 0 Å². The van der Waals surface area contributed by atoms with E-state index in [-0.39, 0.29) is 24.3 Å². The number of hydrogen-bond acceptors (Lipinski definition) is 4. The van der Waals surface area contributed by atoms with Crippen LogP contribution in [0.5, 0.6) is 0 Å². The normalized spacial score (nSPS) is 13.8. The number of benzene rings is 1. The van der Waals surface area contributed by atoms with Gasteiger partial charge in [-0.05, 0) is 18.1 Å². The zero-order valence-corrected chi connectivity index (χ0v) is 13.7. The largest absolute Gasteiger partial charge is 0.478 e. The van der Waals surface area contributed by atoms with Gasteiger partial charge in [0.05, 0.1) is 24.8 Å². The fourth-order valence-electron chi connectivity index (χ4n) is 3.02. The second-order valence-electron chi connectivity index (χ2n) is 5.79. The maximum atomic E-state index is 12.3. The quantitative estimate of drug-likeness (QED) is 0.827. The smallest absolute Gasteiger partial charge is 0.339 e. The number of fused-ring (bicyclic) bond motifs is 3. The highest BCUT2D eigenvalue weighted by Crippen LogP contribution is 2.30. The number of carboxylic acids is 1. The lowest BCUT2D eigenvalue weighted by molar-refractivity contribution is -0.143. The van der Waals surface area contributed by atoms with Crippen molar-refractivity contribution in [3.63, 3.8) is 0 Å². The summed E-state index contributed by atoms with van der Waals surface area (Å²) in [6.45, 7) is 0.353. The number of ether oxygens (including phenoxy) is 1. The summed E-state index contributed by atoms with van der Waals surface area (Å²) in [6.07, 6.45) is 1.82. The third-order valence-electron chi connectivity index (χ3n) is 4.29. The molecule has 0 saturated heterocycles. The molecular formula is C18H18N2O5. The maximum absolute atomic E-state index is 12.3. The molecule has 25 heavy (non-hydrogen) atoms. The first-order valence-corrected chi connectivity index (χ1v) is 7.92. The average molecular weight is 342 g/mol. The lowest BCUT2D eigenvalue weighted by Crippen LogP contribution is -2.28. The van der Waals surface area contributed by atoms with Gasteiger partial charge in [0.1, 0.15) is 0 Å². The molecule has 0 radical (unpaired) electrons. The van der Waals surface area contributed by atoms with Crippen molar-refractivity contribution in [3.8, 4) is 0 Å². The summed E-state index contributed by atoms with van der Waals surface area (Å²) in [4.78, 5) is 39.8. The predicted molar refractivity (Wildman–Crippen MR) is 90.6 cm³/mol. The molecule has 7 nitrogen and oxygen atoms in total. The molecular weight excluding hydrogens is 324 g/mol. The molecule has 2 N–H and O–H groups in total. The monoisotopic (exact) mass is 342 g/mol. The summed E-state index contributed by atoms with van der Waals surface area (Å²) in [5, 5.41) is 10.5. The number of para-hydroxylation sites is 1. The van der Waals surface area contributed by atoms with Crippen molar-refractivity contribution < 1.29 is 24.2 Å². The third-order valence-corrected chi connectivity index (χ3v) is 4.29. The number of hydrogen-bond donors (Lipinski definition) is 2. The average Bonchev–Trinajstić information content (AvgIpc) is 2.86. The van der Waals surface area contributed by atoms with Gasteiger partial charge in [-0.15, -0.1) is 0 Å². The van der Waals surface area contributed by atoms with Crippen LogP contribution in [0.4, 0.5) is 0 Å². The van der Waals surface area contributed by atoms with E-state index in [0.717, 1.165) is 16.5 Å². The number of esters is 1. The summed E-state index contributed by atoms with van der Waals surface area (Å²) < 4.78 is 4.53. The van der Waals surface area contributed by atoms with Gasteiger partial charge in [0, 0.05) is 30.1 Å².